The quantitative estimate of drug-likeness (QED) is 0.676. The topological polar surface area (TPSA) is 34.5 Å². The van der Waals surface area contributed by atoms with E-state index in [1.165, 1.54) is 16.7 Å². The first-order chi connectivity index (χ1) is 12.3. The summed E-state index contributed by atoms with van der Waals surface area (Å²) in [5, 5.41) is 0. The third-order valence-corrected chi connectivity index (χ3v) is 6.14. The van der Waals surface area contributed by atoms with Crippen LogP contribution in [0.25, 0.3) is 11.3 Å². The Hall–Kier alpha value is -1.75. The number of ether oxygens (including phenoxy) is 1. The number of carbonyl (C=O) groups is 1. The number of aromatic nitrogens is 1. The number of fused-ring (bicyclic) bond motifs is 5. The number of amides is 1. The van der Waals surface area contributed by atoms with E-state index < -0.39 is 0 Å². The van der Waals surface area contributed by atoms with Crippen molar-refractivity contribution in [2.45, 2.75) is 52.1 Å². The van der Waals surface area contributed by atoms with Gasteiger partial charge in [-0.1, -0.05) is 0 Å². The fourth-order valence-corrected chi connectivity index (χ4v) is 4.74. The normalized spacial score (nSPS) is 16.7. The van der Waals surface area contributed by atoms with E-state index in [9.17, 15) is 4.79 Å². The summed E-state index contributed by atoms with van der Waals surface area (Å²) in [6, 6.07) is 6.48. The van der Waals surface area contributed by atoms with Crippen molar-refractivity contribution < 1.29 is 9.53 Å². The van der Waals surface area contributed by atoms with Crippen LogP contribution in [0.15, 0.2) is 22.7 Å². The van der Waals surface area contributed by atoms with Crippen LogP contribution in [0.3, 0.4) is 0 Å². The van der Waals surface area contributed by atoms with Gasteiger partial charge in [0.25, 0.3) is 5.91 Å². The maximum Gasteiger partial charge on any atom is 0.271 e. The van der Waals surface area contributed by atoms with Gasteiger partial charge in [-0.2, -0.15) is 0 Å². The zero-order chi connectivity index (χ0) is 18.6. The first kappa shape index (κ1) is 17.7. The van der Waals surface area contributed by atoms with Crippen molar-refractivity contribution in [2.24, 2.45) is 0 Å². The van der Waals surface area contributed by atoms with E-state index in [0.717, 1.165) is 54.0 Å². The molecule has 0 fully saturated rings. The molecular formula is C21H25BrN2O2. The summed E-state index contributed by atoms with van der Waals surface area (Å²) >= 11 is 3.61. The second-order valence-corrected chi connectivity index (χ2v) is 9.03. The first-order valence-corrected chi connectivity index (χ1v) is 10.0. The molecular weight excluding hydrogens is 392 g/mol. The lowest BCUT2D eigenvalue weighted by molar-refractivity contribution is 0.0579. The Morgan fingerprint density at radius 1 is 1.08 bits per heavy atom. The van der Waals surface area contributed by atoms with Gasteiger partial charge in [0.2, 0.25) is 0 Å². The molecule has 1 amide bonds. The van der Waals surface area contributed by atoms with Crippen LogP contribution in [-0.2, 0) is 19.4 Å². The highest BCUT2D eigenvalue weighted by Gasteiger charge is 2.35. The Bertz CT molecular complexity index is 892. The van der Waals surface area contributed by atoms with E-state index in [0.29, 0.717) is 0 Å². The monoisotopic (exact) mass is 416 g/mol. The fourth-order valence-electron chi connectivity index (χ4n) is 4.23. The fraction of sp³-hybridized carbons (Fsp3) is 0.476. The number of aryl methyl sites for hydroxylation is 2. The van der Waals surface area contributed by atoms with Crippen LogP contribution < -0.4 is 4.74 Å². The van der Waals surface area contributed by atoms with Crippen molar-refractivity contribution in [1.29, 1.82) is 0 Å². The van der Waals surface area contributed by atoms with Gasteiger partial charge in [0.05, 0.1) is 11.6 Å². The molecule has 1 aromatic carbocycles. The van der Waals surface area contributed by atoms with E-state index in [2.05, 4.69) is 59.5 Å². The van der Waals surface area contributed by atoms with Crippen LogP contribution in [0.5, 0.6) is 5.75 Å². The Kier molecular flexibility index (Phi) is 4.18. The number of hydrogen-bond donors (Lipinski definition) is 0. The van der Waals surface area contributed by atoms with Gasteiger partial charge in [-0.05, 0) is 85.3 Å². The maximum absolute atomic E-state index is 13.4. The molecule has 5 heteroatoms. The van der Waals surface area contributed by atoms with Gasteiger partial charge in [-0.25, -0.2) is 0 Å². The number of methoxy groups -OCH3 is 1. The van der Waals surface area contributed by atoms with E-state index in [1.807, 2.05) is 4.90 Å². The summed E-state index contributed by atoms with van der Waals surface area (Å²) in [4.78, 5) is 15.4. The largest absolute Gasteiger partial charge is 0.496 e. The van der Waals surface area contributed by atoms with Crippen LogP contribution in [0.2, 0.25) is 0 Å². The molecule has 4 nitrogen and oxygen atoms in total. The average Bonchev–Trinajstić information content (AvgIpc) is 2.86. The smallest absolute Gasteiger partial charge is 0.271 e. The molecule has 0 saturated heterocycles. The summed E-state index contributed by atoms with van der Waals surface area (Å²) in [6.45, 7) is 8.02. The van der Waals surface area contributed by atoms with Gasteiger partial charge < -0.3 is 14.2 Å². The number of hydrogen-bond acceptors (Lipinski definition) is 2. The molecule has 2 aliphatic heterocycles. The number of carbonyl (C=O) groups excluding carboxylic acids is 1. The molecule has 0 bridgehead atoms. The number of benzene rings is 1. The number of halogens is 1. The molecule has 2 aromatic rings. The zero-order valence-electron chi connectivity index (χ0n) is 15.9. The molecule has 0 saturated carbocycles. The van der Waals surface area contributed by atoms with E-state index in [-0.39, 0.29) is 11.4 Å². The molecule has 2 aliphatic rings. The predicted molar refractivity (Wildman–Crippen MR) is 107 cm³/mol. The minimum absolute atomic E-state index is 0.160. The molecule has 138 valence electrons. The molecule has 3 heterocycles. The van der Waals surface area contributed by atoms with Gasteiger partial charge in [0.1, 0.15) is 11.4 Å². The average molecular weight is 417 g/mol. The highest BCUT2D eigenvalue weighted by atomic mass is 79.9. The van der Waals surface area contributed by atoms with E-state index in [1.54, 1.807) is 7.11 Å². The lowest BCUT2D eigenvalue weighted by Crippen LogP contribution is -2.46. The second kappa shape index (κ2) is 6.15. The minimum Gasteiger partial charge on any atom is -0.496 e. The van der Waals surface area contributed by atoms with Crippen molar-refractivity contribution >= 4 is 21.8 Å². The molecule has 26 heavy (non-hydrogen) atoms. The van der Waals surface area contributed by atoms with Gasteiger partial charge in [-0.3, -0.25) is 4.79 Å². The third-order valence-electron chi connectivity index (χ3n) is 5.52. The number of nitrogens with zero attached hydrogens (tertiary/aromatic N) is 2. The number of rotatable bonds is 1. The Balaban J connectivity index is 1.86. The van der Waals surface area contributed by atoms with Gasteiger partial charge >= 0.3 is 0 Å². The maximum atomic E-state index is 13.4. The lowest BCUT2D eigenvalue weighted by Gasteiger charge is -2.35. The van der Waals surface area contributed by atoms with Crippen LogP contribution in [0.1, 0.15) is 48.8 Å². The highest BCUT2D eigenvalue weighted by Crippen LogP contribution is 2.40. The molecule has 1 aromatic heterocycles. The summed E-state index contributed by atoms with van der Waals surface area (Å²) in [5.41, 5.74) is 5.56. The molecule has 0 radical (unpaired) electrons. The first-order valence-electron chi connectivity index (χ1n) is 9.22. The highest BCUT2D eigenvalue weighted by molar-refractivity contribution is 9.10. The van der Waals surface area contributed by atoms with E-state index >= 15 is 0 Å². The SMILES string of the molecule is COc1cc2c(cc1Br)-c1cc3c(n1CC2)C(=O)N(C(C)(C)C)CCC3. The summed E-state index contributed by atoms with van der Waals surface area (Å²) in [7, 11) is 1.69. The van der Waals surface area contributed by atoms with Gasteiger partial charge in [0, 0.05) is 29.9 Å². The second-order valence-electron chi connectivity index (χ2n) is 8.18. The van der Waals surface area contributed by atoms with E-state index in [4.69, 9.17) is 4.74 Å². The molecule has 0 spiro atoms. The molecule has 0 aliphatic carbocycles. The van der Waals surface area contributed by atoms with Gasteiger partial charge in [-0.15, -0.1) is 0 Å². The van der Waals surface area contributed by atoms with Gasteiger partial charge in [0.15, 0.2) is 0 Å². The summed E-state index contributed by atoms with van der Waals surface area (Å²) < 4.78 is 8.64. The van der Waals surface area contributed by atoms with Crippen LogP contribution in [0.4, 0.5) is 0 Å². The van der Waals surface area contributed by atoms with Crippen molar-refractivity contribution in [3.8, 4) is 17.0 Å². The molecule has 0 N–H and O–H groups in total. The Morgan fingerprint density at radius 3 is 2.54 bits per heavy atom. The van der Waals surface area contributed by atoms with Crippen LogP contribution >= 0.6 is 15.9 Å². The van der Waals surface area contributed by atoms with Crippen LogP contribution in [0, 0.1) is 0 Å². The lowest BCUT2D eigenvalue weighted by atomic mass is 9.98. The van der Waals surface area contributed by atoms with Crippen molar-refractivity contribution in [2.75, 3.05) is 13.7 Å². The minimum atomic E-state index is -0.160. The Labute approximate surface area is 163 Å². The van der Waals surface area contributed by atoms with Crippen molar-refractivity contribution in [3.05, 3.63) is 39.5 Å². The molecule has 0 unspecified atom stereocenters. The zero-order valence-corrected chi connectivity index (χ0v) is 17.4. The Morgan fingerprint density at radius 2 is 1.85 bits per heavy atom. The standard InChI is InChI=1S/C21H25BrN2O2/c1-21(2,3)24-8-5-6-14-10-17-15-12-16(22)18(26-4)11-13(15)7-9-23(17)19(14)20(24)25/h10-12H,5-9H2,1-4H3. The molecule has 0 atom stereocenters. The summed E-state index contributed by atoms with van der Waals surface area (Å²) in [6.07, 6.45) is 2.88. The van der Waals surface area contributed by atoms with Crippen molar-refractivity contribution in [3.63, 3.8) is 0 Å². The summed E-state index contributed by atoms with van der Waals surface area (Å²) in [5.74, 6) is 1.03. The van der Waals surface area contributed by atoms with Crippen LogP contribution in [-0.4, -0.2) is 34.6 Å². The molecule has 4 rings (SSSR count). The third kappa shape index (κ3) is 2.68. The van der Waals surface area contributed by atoms with Crippen molar-refractivity contribution in [1.82, 2.24) is 9.47 Å². The predicted octanol–water partition coefficient (Wildman–Crippen LogP) is 4.67.